The van der Waals surface area contributed by atoms with Crippen LogP contribution >= 0.6 is 0 Å². The van der Waals surface area contributed by atoms with Crippen LogP contribution in [0.25, 0.3) is 0 Å². The van der Waals surface area contributed by atoms with E-state index in [1.54, 1.807) is 0 Å². The molecule has 1 fully saturated rings. The molecule has 0 spiro atoms. The highest BCUT2D eigenvalue weighted by atomic mass is 16.5. The Morgan fingerprint density at radius 1 is 1.50 bits per heavy atom. The number of likely N-dealkylation sites (tertiary alicyclic amines) is 1. The molecule has 6 heteroatoms. The number of aliphatic carboxylic acids is 1. The van der Waals surface area contributed by atoms with Crippen molar-refractivity contribution in [2.24, 2.45) is 11.8 Å². The molecule has 1 saturated heterocycles. The van der Waals surface area contributed by atoms with Gasteiger partial charge in [-0.05, 0) is 5.92 Å². The summed E-state index contributed by atoms with van der Waals surface area (Å²) in [5.74, 6) is -1.98. The molecule has 1 aliphatic heterocycles. The number of carbonyl (C=O) groups excluding carboxylic acids is 2. The molecule has 0 aromatic rings. The van der Waals surface area contributed by atoms with Crippen molar-refractivity contribution < 1.29 is 24.2 Å². The molecule has 0 aliphatic carbocycles. The minimum Gasteiger partial charge on any atom is -0.481 e. The highest BCUT2D eigenvalue weighted by Gasteiger charge is 2.39. The summed E-state index contributed by atoms with van der Waals surface area (Å²) in [6.07, 6.45) is 0.00676. The zero-order valence-corrected chi connectivity index (χ0v) is 10.9. The maximum absolute atomic E-state index is 11.9. The fourth-order valence-corrected chi connectivity index (χ4v) is 2.26. The second-order valence-corrected chi connectivity index (χ2v) is 4.88. The summed E-state index contributed by atoms with van der Waals surface area (Å²) in [5, 5.41) is 8.87. The van der Waals surface area contributed by atoms with Gasteiger partial charge in [0.2, 0.25) is 5.91 Å². The van der Waals surface area contributed by atoms with E-state index in [2.05, 4.69) is 4.74 Å². The molecule has 0 aromatic heterocycles. The molecule has 0 saturated carbocycles. The van der Waals surface area contributed by atoms with E-state index in [0.717, 1.165) is 0 Å². The van der Waals surface area contributed by atoms with Gasteiger partial charge in [0.15, 0.2) is 0 Å². The van der Waals surface area contributed by atoms with Gasteiger partial charge in [-0.15, -0.1) is 0 Å². The lowest BCUT2D eigenvalue weighted by Crippen LogP contribution is -2.41. The number of nitrogens with zero attached hydrogens (tertiary/aromatic N) is 1. The predicted molar refractivity (Wildman–Crippen MR) is 62.7 cm³/mol. The van der Waals surface area contributed by atoms with Gasteiger partial charge in [0.05, 0.1) is 19.4 Å². The Bertz CT molecular complexity index is 352. The number of methoxy groups -OCH3 is 1. The molecule has 1 N–H and O–H groups in total. The quantitative estimate of drug-likeness (QED) is 0.725. The normalized spacial score (nSPS) is 21.2. The van der Waals surface area contributed by atoms with Crippen LogP contribution in [0.2, 0.25) is 0 Å². The average molecular weight is 257 g/mol. The Hall–Kier alpha value is -1.59. The van der Waals surface area contributed by atoms with E-state index in [4.69, 9.17) is 5.11 Å². The number of amides is 1. The van der Waals surface area contributed by atoms with Crippen molar-refractivity contribution in [1.29, 1.82) is 0 Å². The SMILES string of the molecule is COC(=O)C1CC(=O)N(C(CC(=O)O)C(C)C)C1. The van der Waals surface area contributed by atoms with Crippen LogP contribution in [0.3, 0.4) is 0 Å². The smallest absolute Gasteiger partial charge is 0.310 e. The summed E-state index contributed by atoms with van der Waals surface area (Å²) in [6, 6.07) is -0.371. The van der Waals surface area contributed by atoms with Crippen LogP contribution in [-0.2, 0) is 19.1 Å². The Balaban J connectivity index is 2.78. The van der Waals surface area contributed by atoms with Gasteiger partial charge < -0.3 is 14.7 Å². The first-order valence-corrected chi connectivity index (χ1v) is 5.95. The third kappa shape index (κ3) is 3.21. The Kier molecular flexibility index (Phi) is 4.69. The number of esters is 1. The maximum Gasteiger partial charge on any atom is 0.310 e. The summed E-state index contributed by atoms with van der Waals surface area (Å²) in [6.45, 7) is 3.99. The molecule has 6 nitrogen and oxygen atoms in total. The van der Waals surface area contributed by atoms with Gasteiger partial charge in [0, 0.05) is 19.0 Å². The van der Waals surface area contributed by atoms with E-state index in [0.29, 0.717) is 0 Å². The van der Waals surface area contributed by atoms with Gasteiger partial charge in [-0.3, -0.25) is 14.4 Å². The van der Waals surface area contributed by atoms with E-state index in [1.807, 2.05) is 13.8 Å². The summed E-state index contributed by atoms with van der Waals surface area (Å²) < 4.78 is 4.62. The van der Waals surface area contributed by atoms with Crippen LogP contribution in [0.1, 0.15) is 26.7 Å². The highest BCUT2D eigenvalue weighted by Crippen LogP contribution is 2.26. The fraction of sp³-hybridized carbons (Fsp3) is 0.750. The number of ether oxygens (including phenoxy) is 1. The Labute approximate surface area is 106 Å². The molecular weight excluding hydrogens is 238 g/mol. The molecular formula is C12H19NO5. The average Bonchev–Trinajstić information content (AvgIpc) is 2.66. The number of carbonyl (C=O) groups is 3. The first-order valence-electron chi connectivity index (χ1n) is 5.95. The monoisotopic (exact) mass is 257 g/mol. The molecule has 0 aromatic carbocycles. The minimum absolute atomic E-state index is 0.0291. The van der Waals surface area contributed by atoms with E-state index < -0.39 is 17.9 Å². The topological polar surface area (TPSA) is 83.9 Å². The van der Waals surface area contributed by atoms with Gasteiger partial charge >= 0.3 is 11.9 Å². The Morgan fingerprint density at radius 2 is 2.11 bits per heavy atom. The van der Waals surface area contributed by atoms with Gasteiger partial charge in [-0.2, -0.15) is 0 Å². The summed E-state index contributed by atoms with van der Waals surface area (Å²) in [4.78, 5) is 35.6. The third-order valence-electron chi connectivity index (χ3n) is 3.25. The number of hydrogen-bond acceptors (Lipinski definition) is 4. The third-order valence-corrected chi connectivity index (χ3v) is 3.25. The van der Waals surface area contributed by atoms with Crippen LogP contribution in [0, 0.1) is 11.8 Å². The molecule has 1 aliphatic rings. The van der Waals surface area contributed by atoms with Crippen molar-refractivity contribution in [3.05, 3.63) is 0 Å². The molecule has 0 bridgehead atoms. The van der Waals surface area contributed by atoms with Crippen LogP contribution in [0.15, 0.2) is 0 Å². The van der Waals surface area contributed by atoms with Crippen LogP contribution < -0.4 is 0 Å². The maximum atomic E-state index is 11.9. The van der Waals surface area contributed by atoms with Crippen LogP contribution in [0.5, 0.6) is 0 Å². The zero-order chi connectivity index (χ0) is 13.9. The highest BCUT2D eigenvalue weighted by molar-refractivity contribution is 5.87. The standard InChI is InChI=1S/C12H19NO5/c1-7(2)9(5-11(15)16)13-6-8(4-10(13)14)12(17)18-3/h7-9H,4-6H2,1-3H3,(H,15,16). The summed E-state index contributed by atoms with van der Waals surface area (Å²) >= 11 is 0. The predicted octanol–water partition coefficient (Wildman–Crippen LogP) is 0.507. The van der Waals surface area contributed by atoms with Crippen molar-refractivity contribution in [3.63, 3.8) is 0 Å². The van der Waals surface area contributed by atoms with Crippen molar-refractivity contribution in [2.45, 2.75) is 32.7 Å². The molecule has 0 radical (unpaired) electrons. The fourth-order valence-electron chi connectivity index (χ4n) is 2.26. The molecule has 1 heterocycles. The van der Waals surface area contributed by atoms with Gasteiger partial charge in [0.25, 0.3) is 0 Å². The molecule has 102 valence electrons. The van der Waals surface area contributed by atoms with E-state index in [-0.39, 0.29) is 37.3 Å². The molecule has 1 rings (SSSR count). The van der Waals surface area contributed by atoms with E-state index in [1.165, 1.54) is 12.0 Å². The number of carboxylic acids is 1. The van der Waals surface area contributed by atoms with Crippen molar-refractivity contribution in [3.8, 4) is 0 Å². The van der Waals surface area contributed by atoms with E-state index in [9.17, 15) is 14.4 Å². The zero-order valence-electron chi connectivity index (χ0n) is 10.9. The van der Waals surface area contributed by atoms with Gasteiger partial charge in [0.1, 0.15) is 0 Å². The summed E-state index contributed by atoms with van der Waals surface area (Å²) in [5.41, 5.74) is 0. The van der Waals surface area contributed by atoms with Crippen molar-refractivity contribution in [1.82, 2.24) is 4.90 Å². The lowest BCUT2D eigenvalue weighted by atomic mass is 9.99. The van der Waals surface area contributed by atoms with Crippen LogP contribution in [-0.4, -0.2) is 47.5 Å². The number of hydrogen-bond donors (Lipinski definition) is 1. The number of rotatable bonds is 5. The van der Waals surface area contributed by atoms with E-state index >= 15 is 0 Å². The largest absolute Gasteiger partial charge is 0.481 e. The molecule has 18 heavy (non-hydrogen) atoms. The van der Waals surface area contributed by atoms with Crippen LogP contribution in [0.4, 0.5) is 0 Å². The molecule has 2 atom stereocenters. The first kappa shape index (κ1) is 14.5. The minimum atomic E-state index is -0.942. The van der Waals surface area contributed by atoms with Crippen molar-refractivity contribution in [2.75, 3.05) is 13.7 Å². The summed E-state index contributed by atoms with van der Waals surface area (Å²) in [7, 11) is 1.28. The lowest BCUT2D eigenvalue weighted by Gasteiger charge is -2.30. The van der Waals surface area contributed by atoms with Gasteiger partial charge in [-0.25, -0.2) is 0 Å². The molecule has 2 unspecified atom stereocenters. The second-order valence-electron chi connectivity index (χ2n) is 4.88. The first-order chi connectivity index (χ1) is 8.36. The van der Waals surface area contributed by atoms with Gasteiger partial charge in [-0.1, -0.05) is 13.8 Å². The van der Waals surface area contributed by atoms with Crippen molar-refractivity contribution >= 4 is 17.8 Å². The number of carboxylic acid groups (broad SMARTS) is 1. The molecule has 1 amide bonds. The lowest BCUT2D eigenvalue weighted by molar-refractivity contribution is -0.145. The Morgan fingerprint density at radius 3 is 2.56 bits per heavy atom. The second kappa shape index (κ2) is 5.84.